The molecule has 1 fully saturated rings. The molecule has 1 aliphatic rings. The van der Waals surface area contributed by atoms with Gasteiger partial charge >= 0.3 is 0 Å². The molecule has 0 aromatic heterocycles. The van der Waals surface area contributed by atoms with Crippen LogP contribution in [0.4, 0.5) is 4.39 Å². The Labute approximate surface area is 133 Å². The molecule has 5 heteroatoms. The maximum absolute atomic E-state index is 13.9. The van der Waals surface area contributed by atoms with E-state index in [0.717, 1.165) is 0 Å². The van der Waals surface area contributed by atoms with E-state index in [2.05, 4.69) is 0 Å². The Morgan fingerprint density at radius 3 is 2.64 bits per heavy atom. The van der Waals surface area contributed by atoms with Crippen molar-refractivity contribution in [3.05, 3.63) is 70.5 Å². The maximum Gasteiger partial charge on any atom is 0.254 e. The van der Waals surface area contributed by atoms with Crippen molar-refractivity contribution in [3.8, 4) is 0 Å². The number of morpholine rings is 1. The highest BCUT2D eigenvalue weighted by Gasteiger charge is 2.27. The highest BCUT2D eigenvalue weighted by molar-refractivity contribution is 6.30. The van der Waals surface area contributed by atoms with Crippen LogP contribution in [0.3, 0.4) is 0 Å². The van der Waals surface area contributed by atoms with Crippen molar-refractivity contribution in [2.75, 3.05) is 19.7 Å². The van der Waals surface area contributed by atoms with Gasteiger partial charge in [-0.1, -0.05) is 29.8 Å². The fourth-order valence-corrected chi connectivity index (χ4v) is 2.66. The van der Waals surface area contributed by atoms with E-state index < -0.39 is 6.10 Å². The molecule has 0 aliphatic carbocycles. The molecule has 0 bridgehead atoms. The lowest BCUT2D eigenvalue weighted by molar-refractivity contribution is -0.0243. The van der Waals surface area contributed by atoms with Gasteiger partial charge in [-0.15, -0.1) is 0 Å². The molecule has 114 valence electrons. The molecule has 1 unspecified atom stereocenters. The molecule has 1 amide bonds. The highest BCUT2D eigenvalue weighted by atomic mass is 35.5. The maximum atomic E-state index is 13.9. The van der Waals surface area contributed by atoms with Crippen LogP contribution in [0.25, 0.3) is 0 Å². The van der Waals surface area contributed by atoms with E-state index in [1.54, 1.807) is 47.4 Å². The second-order valence-corrected chi connectivity index (χ2v) is 5.58. The van der Waals surface area contributed by atoms with Crippen LogP contribution in [0.5, 0.6) is 0 Å². The quantitative estimate of drug-likeness (QED) is 0.845. The molecule has 3 nitrogen and oxygen atoms in total. The van der Waals surface area contributed by atoms with Crippen LogP contribution in [-0.2, 0) is 4.74 Å². The van der Waals surface area contributed by atoms with Crippen LogP contribution in [0.15, 0.2) is 48.5 Å². The molecule has 0 N–H and O–H groups in total. The minimum Gasteiger partial charge on any atom is -0.370 e. The Kier molecular flexibility index (Phi) is 4.41. The lowest BCUT2D eigenvalue weighted by Crippen LogP contribution is -2.42. The first kappa shape index (κ1) is 15.0. The van der Waals surface area contributed by atoms with Gasteiger partial charge in [-0.3, -0.25) is 4.79 Å². The van der Waals surface area contributed by atoms with Crippen molar-refractivity contribution in [1.82, 2.24) is 4.90 Å². The fraction of sp³-hybridized carbons (Fsp3) is 0.235. The topological polar surface area (TPSA) is 29.5 Å². The third-order valence-corrected chi connectivity index (χ3v) is 3.95. The van der Waals surface area contributed by atoms with Crippen molar-refractivity contribution in [3.63, 3.8) is 0 Å². The minimum atomic E-state index is -0.439. The van der Waals surface area contributed by atoms with Gasteiger partial charge in [-0.05, 0) is 30.3 Å². The largest absolute Gasteiger partial charge is 0.370 e. The van der Waals surface area contributed by atoms with Gasteiger partial charge in [0.2, 0.25) is 0 Å². The second-order valence-electron chi connectivity index (χ2n) is 5.14. The molecule has 0 spiro atoms. The normalized spacial score (nSPS) is 18.3. The zero-order chi connectivity index (χ0) is 15.5. The Morgan fingerprint density at radius 2 is 1.91 bits per heavy atom. The first-order valence-electron chi connectivity index (χ1n) is 7.06. The van der Waals surface area contributed by atoms with E-state index in [0.29, 0.717) is 35.8 Å². The molecule has 2 aromatic rings. The monoisotopic (exact) mass is 319 g/mol. The number of halogens is 2. The molecule has 1 atom stereocenters. The summed E-state index contributed by atoms with van der Waals surface area (Å²) in [4.78, 5) is 14.2. The Bertz CT molecular complexity index is 675. The number of rotatable bonds is 2. The lowest BCUT2D eigenvalue weighted by Gasteiger charge is -2.33. The second kappa shape index (κ2) is 6.46. The first-order chi connectivity index (χ1) is 10.6. The van der Waals surface area contributed by atoms with Gasteiger partial charge < -0.3 is 9.64 Å². The first-order valence-corrected chi connectivity index (χ1v) is 7.44. The standard InChI is InChI=1S/C17H15ClFNO2/c18-13-7-5-12(6-8-13)17(21)20-9-10-22-16(11-20)14-3-1-2-4-15(14)19/h1-8,16H,9-11H2. The Balaban J connectivity index is 1.77. The Morgan fingerprint density at radius 1 is 1.18 bits per heavy atom. The van der Waals surface area contributed by atoms with Gasteiger partial charge in [0.15, 0.2) is 0 Å². The van der Waals surface area contributed by atoms with E-state index in [4.69, 9.17) is 16.3 Å². The smallest absolute Gasteiger partial charge is 0.254 e. The van der Waals surface area contributed by atoms with E-state index in [-0.39, 0.29) is 11.7 Å². The molecule has 0 radical (unpaired) electrons. The molecule has 1 aliphatic heterocycles. The summed E-state index contributed by atoms with van der Waals surface area (Å²) in [6.07, 6.45) is -0.439. The van der Waals surface area contributed by atoms with Crippen molar-refractivity contribution in [2.45, 2.75) is 6.10 Å². The average molecular weight is 320 g/mol. The van der Waals surface area contributed by atoms with Crippen molar-refractivity contribution in [2.24, 2.45) is 0 Å². The number of benzene rings is 2. The zero-order valence-electron chi connectivity index (χ0n) is 11.8. The highest BCUT2D eigenvalue weighted by Crippen LogP contribution is 2.25. The molecule has 1 heterocycles. The summed E-state index contributed by atoms with van der Waals surface area (Å²) in [5, 5.41) is 0.586. The molecule has 3 rings (SSSR count). The summed E-state index contributed by atoms with van der Waals surface area (Å²) >= 11 is 5.84. The predicted molar refractivity (Wildman–Crippen MR) is 82.4 cm³/mol. The SMILES string of the molecule is O=C(c1ccc(Cl)cc1)N1CCOC(c2ccccc2F)C1. The van der Waals surface area contributed by atoms with Crippen LogP contribution in [-0.4, -0.2) is 30.5 Å². The molecule has 22 heavy (non-hydrogen) atoms. The van der Waals surface area contributed by atoms with Crippen LogP contribution in [0, 0.1) is 5.82 Å². The summed E-state index contributed by atoms with van der Waals surface area (Å²) in [7, 11) is 0. The number of hydrogen-bond donors (Lipinski definition) is 0. The lowest BCUT2D eigenvalue weighted by atomic mass is 10.1. The third kappa shape index (κ3) is 3.13. The summed E-state index contributed by atoms with van der Waals surface area (Å²) in [5.41, 5.74) is 1.05. The summed E-state index contributed by atoms with van der Waals surface area (Å²) < 4.78 is 19.5. The van der Waals surface area contributed by atoms with Gasteiger partial charge in [-0.25, -0.2) is 4.39 Å². The summed E-state index contributed by atoms with van der Waals surface area (Å²) in [6, 6.07) is 13.2. The number of hydrogen-bond acceptors (Lipinski definition) is 2. The van der Waals surface area contributed by atoms with Crippen LogP contribution in [0.1, 0.15) is 22.0 Å². The van der Waals surface area contributed by atoms with Crippen molar-refractivity contribution < 1.29 is 13.9 Å². The predicted octanol–water partition coefficient (Wildman–Crippen LogP) is 3.69. The van der Waals surface area contributed by atoms with E-state index in [1.807, 2.05) is 0 Å². The minimum absolute atomic E-state index is 0.0960. The van der Waals surface area contributed by atoms with E-state index >= 15 is 0 Å². The zero-order valence-corrected chi connectivity index (χ0v) is 12.6. The van der Waals surface area contributed by atoms with Gasteiger partial charge in [0, 0.05) is 22.7 Å². The van der Waals surface area contributed by atoms with Gasteiger partial charge in [-0.2, -0.15) is 0 Å². The molecular formula is C17H15ClFNO2. The third-order valence-electron chi connectivity index (χ3n) is 3.70. The summed E-state index contributed by atoms with van der Waals surface area (Å²) in [5.74, 6) is -0.408. The average Bonchev–Trinajstić information content (AvgIpc) is 2.55. The molecule has 0 saturated carbocycles. The number of carbonyl (C=O) groups excluding carboxylic acids is 1. The summed E-state index contributed by atoms with van der Waals surface area (Å²) in [6.45, 7) is 1.22. The van der Waals surface area contributed by atoms with Crippen molar-refractivity contribution in [1.29, 1.82) is 0 Å². The number of ether oxygens (including phenoxy) is 1. The Hall–Kier alpha value is -1.91. The van der Waals surface area contributed by atoms with Crippen LogP contribution >= 0.6 is 11.6 Å². The van der Waals surface area contributed by atoms with Gasteiger partial charge in [0.25, 0.3) is 5.91 Å². The number of nitrogens with zero attached hydrogens (tertiary/aromatic N) is 1. The molecule has 1 saturated heterocycles. The molecular weight excluding hydrogens is 305 g/mol. The molecule has 2 aromatic carbocycles. The van der Waals surface area contributed by atoms with Gasteiger partial charge in [0.05, 0.1) is 13.2 Å². The van der Waals surface area contributed by atoms with Gasteiger partial charge in [0.1, 0.15) is 11.9 Å². The van der Waals surface area contributed by atoms with Crippen LogP contribution < -0.4 is 0 Å². The number of amides is 1. The van der Waals surface area contributed by atoms with E-state index in [1.165, 1.54) is 6.07 Å². The van der Waals surface area contributed by atoms with Crippen molar-refractivity contribution >= 4 is 17.5 Å². The number of carbonyl (C=O) groups is 1. The van der Waals surface area contributed by atoms with E-state index in [9.17, 15) is 9.18 Å². The fourth-order valence-electron chi connectivity index (χ4n) is 2.53. The van der Waals surface area contributed by atoms with Crippen LogP contribution in [0.2, 0.25) is 5.02 Å².